The molecule has 28 heavy (non-hydrogen) atoms. The van der Waals surface area contributed by atoms with Gasteiger partial charge in [-0.3, -0.25) is 0 Å². The lowest BCUT2D eigenvalue weighted by Crippen LogP contribution is -2.31. The van der Waals surface area contributed by atoms with Crippen molar-refractivity contribution in [3.8, 4) is 11.3 Å². The highest BCUT2D eigenvalue weighted by Gasteiger charge is 2.25. The number of nitrogens with zero attached hydrogens (tertiary/aromatic N) is 3. The Morgan fingerprint density at radius 2 is 1.71 bits per heavy atom. The average molecular weight is 365 g/mol. The second-order valence-corrected chi connectivity index (χ2v) is 7.83. The van der Waals surface area contributed by atoms with Crippen molar-refractivity contribution in [3.63, 3.8) is 0 Å². The van der Waals surface area contributed by atoms with Gasteiger partial charge in [0, 0.05) is 24.6 Å². The van der Waals surface area contributed by atoms with Gasteiger partial charge in [-0.1, -0.05) is 54.6 Å². The Morgan fingerprint density at radius 1 is 0.857 bits per heavy atom. The van der Waals surface area contributed by atoms with E-state index in [-0.39, 0.29) is 0 Å². The van der Waals surface area contributed by atoms with Crippen molar-refractivity contribution in [1.29, 1.82) is 0 Å². The predicted octanol–water partition coefficient (Wildman–Crippen LogP) is 5.18. The molecule has 1 atom stereocenters. The minimum absolute atomic E-state index is 0.386. The Bertz CT molecular complexity index is 1150. The third kappa shape index (κ3) is 3.08. The number of rotatable bonds is 2. The van der Waals surface area contributed by atoms with Gasteiger partial charge in [0.25, 0.3) is 0 Å². The van der Waals surface area contributed by atoms with E-state index in [1.54, 1.807) is 0 Å². The molecule has 5 rings (SSSR count). The molecule has 4 aromatic rings. The molecule has 0 bridgehead atoms. The van der Waals surface area contributed by atoms with Crippen LogP contribution in [0, 0.1) is 6.92 Å². The van der Waals surface area contributed by atoms with E-state index in [4.69, 9.17) is 0 Å². The maximum Gasteiger partial charge on any atom is 0.0929 e. The van der Waals surface area contributed by atoms with Gasteiger partial charge in [-0.2, -0.15) is 10.2 Å². The van der Waals surface area contributed by atoms with Gasteiger partial charge in [-0.25, -0.2) is 0 Å². The van der Waals surface area contributed by atoms with Crippen molar-refractivity contribution in [2.24, 2.45) is 0 Å². The van der Waals surface area contributed by atoms with Gasteiger partial charge in [0.2, 0.25) is 0 Å². The molecular weight excluding hydrogens is 342 g/mol. The van der Waals surface area contributed by atoms with Crippen LogP contribution in [0.15, 0.2) is 72.8 Å². The molecule has 2 heterocycles. The number of aryl methyl sites for hydroxylation is 1. The summed E-state index contributed by atoms with van der Waals surface area (Å²) in [6, 6.07) is 26.3. The van der Waals surface area contributed by atoms with Crippen LogP contribution in [0.1, 0.15) is 28.3 Å². The van der Waals surface area contributed by atoms with E-state index in [0.29, 0.717) is 5.92 Å². The van der Waals surface area contributed by atoms with E-state index in [2.05, 4.69) is 88.9 Å². The van der Waals surface area contributed by atoms with Crippen molar-refractivity contribution in [2.75, 3.05) is 13.6 Å². The van der Waals surface area contributed by atoms with Crippen LogP contribution < -0.4 is 0 Å². The first kappa shape index (κ1) is 17.1. The summed E-state index contributed by atoms with van der Waals surface area (Å²) >= 11 is 0. The van der Waals surface area contributed by atoms with E-state index in [1.807, 2.05) is 13.0 Å². The van der Waals surface area contributed by atoms with E-state index < -0.39 is 0 Å². The van der Waals surface area contributed by atoms with Gasteiger partial charge in [0.05, 0.1) is 11.4 Å². The number of fused-ring (bicyclic) bond motifs is 2. The summed E-state index contributed by atoms with van der Waals surface area (Å²) in [5.74, 6) is 0.386. The van der Waals surface area contributed by atoms with Gasteiger partial charge in [-0.05, 0) is 59.6 Å². The second-order valence-electron chi connectivity index (χ2n) is 7.83. The van der Waals surface area contributed by atoms with Crippen molar-refractivity contribution >= 4 is 10.8 Å². The van der Waals surface area contributed by atoms with Gasteiger partial charge in [0.15, 0.2) is 0 Å². The normalized spacial score (nSPS) is 16.9. The van der Waals surface area contributed by atoms with Crippen LogP contribution in [0.2, 0.25) is 0 Å². The molecule has 0 saturated carbocycles. The van der Waals surface area contributed by atoms with Gasteiger partial charge in [0.1, 0.15) is 0 Å². The Morgan fingerprint density at radius 3 is 2.54 bits per heavy atom. The second kappa shape index (κ2) is 6.84. The smallest absolute Gasteiger partial charge is 0.0929 e. The fraction of sp³-hybridized carbons (Fsp3) is 0.200. The van der Waals surface area contributed by atoms with Gasteiger partial charge >= 0.3 is 0 Å². The molecule has 0 aliphatic carbocycles. The van der Waals surface area contributed by atoms with Crippen molar-refractivity contribution < 1.29 is 0 Å². The molecule has 0 amide bonds. The SMILES string of the molecule is Cc1ccc(-c2ccc3c(c2)CN(C)C[C@H]3c2ccc3ccccc3c2)nn1. The molecule has 0 spiro atoms. The number of hydrogen-bond donors (Lipinski definition) is 0. The molecule has 3 heteroatoms. The van der Waals surface area contributed by atoms with Crippen LogP contribution >= 0.6 is 0 Å². The number of likely N-dealkylation sites (N-methyl/N-ethyl adjacent to an activating group) is 1. The van der Waals surface area contributed by atoms with E-state index in [9.17, 15) is 0 Å². The zero-order valence-corrected chi connectivity index (χ0v) is 16.3. The minimum atomic E-state index is 0.386. The summed E-state index contributed by atoms with van der Waals surface area (Å²) in [4.78, 5) is 2.41. The van der Waals surface area contributed by atoms with Gasteiger partial charge in [-0.15, -0.1) is 0 Å². The largest absolute Gasteiger partial charge is 0.301 e. The molecule has 0 unspecified atom stereocenters. The number of hydrogen-bond acceptors (Lipinski definition) is 3. The maximum atomic E-state index is 4.36. The van der Waals surface area contributed by atoms with Crippen LogP contribution in [0.3, 0.4) is 0 Å². The Balaban J connectivity index is 1.57. The van der Waals surface area contributed by atoms with Crippen molar-refractivity contribution in [1.82, 2.24) is 15.1 Å². The standard InChI is InChI=1S/C25H23N3/c1-17-7-12-25(27-26-17)21-10-11-23-22(14-21)15-28(2)16-24(23)20-9-8-18-5-3-4-6-19(18)13-20/h3-14,24H,15-16H2,1-2H3/t24-/m0/s1. The molecule has 3 nitrogen and oxygen atoms in total. The summed E-state index contributed by atoms with van der Waals surface area (Å²) in [5.41, 5.74) is 7.21. The Kier molecular flexibility index (Phi) is 4.18. The number of benzene rings is 3. The molecule has 3 aromatic carbocycles. The third-order valence-corrected chi connectivity index (χ3v) is 5.72. The molecule has 0 fully saturated rings. The fourth-order valence-corrected chi connectivity index (χ4v) is 4.27. The van der Waals surface area contributed by atoms with Crippen LogP contribution in [-0.2, 0) is 6.54 Å². The summed E-state index contributed by atoms with van der Waals surface area (Å²) in [6.45, 7) is 3.97. The number of aromatic nitrogens is 2. The molecular formula is C25H23N3. The first-order chi connectivity index (χ1) is 13.7. The van der Waals surface area contributed by atoms with Crippen molar-refractivity contribution in [3.05, 3.63) is 95.2 Å². The highest BCUT2D eigenvalue weighted by molar-refractivity contribution is 5.83. The lowest BCUT2D eigenvalue weighted by molar-refractivity contribution is 0.295. The van der Waals surface area contributed by atoms with Gasteiger partial charge < -0.3 is 4.90 Å². The van der Waals surface area contributed by atoms with Crippen LogP contribution in [0.25, 0.3) is 22.0 Å². The fourth-order valence-electron chi connectivity index (χ4n) is 4.27. The molecule has 0 saturated heterocycles. The first-order valence-electron chi connectivity index (χ1n) is 9.78. The summed E-state index contributed by atoms with van der Waals surface area (Å²) < 4.78 is 0. The lowest BCUT2D eigenvalue weighted by Gasteiger charge is -2.33. The molecule has 1 aromatic heterocycles. The molecule has 0 radical (unpaired) electrons. The van der Waals surface area contributed by atoms with Crippen LogP contribution in [0.5, 0.6) is 0 Å². The Hall–Kier alpha value is -3.04. The zero-order valence-electron chi connectivity index (χ0n) is 16.3. The summed E-state index contributed by atoms with van der Waals surface area (Å²) in [7, 11) is 2.20. The van der Waals surface area contributed by atoms with Crippen molar-refractivity contribution in [2.45, 2.75) is 19.4 Å². The highest BCUT2D eigenvalue weighted by atomic mass is 15.1. The lowest BCUT2D eigenvalue weighted by atomic mass is 9.83. The topological polar surface area (TPSA) is 29.0 Å². The quantitative estimate of drug-likeness (QED) is 0.490. The monoisotopic (exact) mass is 365 g/mol. The predicted molar refractivity (Wildman–Crippen MR) is 114 cm³/mol. The summed E-state index contributed by atoms with van der Waals surface area (Å²) in [6.07, 6.45) is 0. The van der Waals surface area contributed by atoms with E-state index in [0.717, 1.165) is 30.0 Å². The summed E-state index contributed by atoms with van der Waals surface area (Å²) in [5, 5.41) is 11.2. The first-order valence-corrected chi connectivity index (χ1v) is 9.78. The Labute approximate surface area is 165 Å². The molecule has 138 valence electrons. The molecule has 1 aliphatic heterocycles. The van der Waals surface area contributed by atoms with Crippen LogP contribution in [0.4, 0.5) is 0 Å². The highest BCUT2D eigenvalue weighted by Crippen LogP contribution is 2.36. The molecule has 1 aliphatic rings. The molecule has 0 N–H and O–H groups in total. The van der Waals surface area contributed by atoms with Crippen LogP contribution in [-0.4, -0.2) is 28.7 Å². The third-order valence-electron chi connectivity index (χ3n) is 5.72. The minimum Gasteiger partial charge on any atom is -0.301 e. The zero-order chi connectivity index (χ0) is 19.1. The van der Waals surface area contributed by atoms with E-state index in [1.165, 1.54) is 27.5 Å². The van der Waals surface area contributed by atoms with E-state index >= 15 is 0 Å². The maximum absolute atomic E-state index is 4.36. The average Bonchev–Trinajstić information content (AvgIpc) is 2.73.